The van der Waals surface area contributed by atoms with Crippen LogP contribution in [0.1, 0.15) is 38.7 Å². The standard InChI is InChI=1S/C23H26N6O3/c1-23(2,3)20-15(7-11-29(20)22(31)32)14-4-5-17-16(12-14)18(6-8-25-17)27-21(30)28-19-13-24-9-10-26-19/h4-6,8-10,12-13,15,20H,7,11H2,1-3H3,(H,31,32)(H2,25,26,27,28,30). The van der Waals surface area contributed by atoms with Crippen LogP contribution < -0.4 is 10.6 Å². The van der Waals surface area contributed by atoms with Gasteiger partial charge in [-0.15, -0.1) is 0 Å². The number of urea groups is 1. The average Bonchev–Trinajstić information content (AvgIpc) is 3.21. The van der Waals surface area contributed by atoms with Gasteiger partial charge >= 0.3 is 12.1 Å². The highest BCUT2D eigenvalue weighted by atomic mass is 16.4. The molecule has 0 spiro atoms. The third-order valence-corrected chi connectivity index (χ3v) is 5.78. The van der Waals surface area contributed by atoms with Crippen LogP contribution in [0.25, 0.3) is 10.9 Å². The van der Waals surface area contributed by atoms with Crippen molar-refractivity contribution in [1.82, 2.24) is 19.9 Å². The Bertz CT molecular complexity index is 1150. The maximum absolute atomic E-state index is 12.5. The summed E-state index contributed by atoms with van der Waals surface area (Å²) in [6.07, 6.45) is 5.98. The molecule has 1 fully saturated rings. The van der Waals surface area contributed by atoms with E-state index >= 15 is 0 Å². The molecule has 4 rings (SSSR count). The number of hydrogen-bond donors (Lipinski definition) is 3. The fourth-order valence-corrected chi connectivity index (χ4v) is 4.56. The van der Waals surface area contributed by atoms with Gasteiger partial charge in [-0.3, -0.25) is 15.3 Å². The summed E-state index contributed by atoms with van der Waals surface area (Å²) < 4.78 is 0. The largest absolute Gasteiger partial charge is 0.465 e. The van der Waals surface area contributed by atoms with E-state index in [1.54, 1.807) is 17.2 Å². The quantitative estimate of drug-likeness (QED) is 0.556. The Labute approximate surface area is 185 Å². The maximum atomic E-state index is 12.5. The summed E-state index contributed by atoms with van der Waals surface area (Å²) in [5.41, 5.74) is 2.16. The lowest BCUT2D eigenvalue weighted by Gasteiger charge is -2.37. The van der Waals surface area contributed by atoms with Crippen LogP contribution in [-0.2, 0) is 0 Å². The van der Waals surface area contributed by atoms with Crippen molar-refractivity contribution in [2.24, 2.45) is 5.41 Å². The number of rotatable bonds is 3. The molecule has 1 saturated heterocycles. The topological polar surface area (TPSA) is 120 Å². The summed E-state index contributed by atoms with van der Waals surface area (Å²) >= 11 is 0. The number of hydrogen-bond acceptors (Lipinski definition) is 5. The summed E-state index contributed by atoms with van der Waals surface area (Å²) in [4.78, 5) is 38.2. The summed E-state index contributed by atoms with van der Waals surface area (Å²) in [5.74, 6) is 0.397. The van der Waals surface area contributed by atoms with Crippen molar-refractivity contribution in [3.63, 3.8) is 0 Å². The van der Waals surface area contributed by atoms with Crippen molar-refractivity contribution < 1.29 is 14.7 Å². The molecule has 0 bridgehead atoms. The van der Waals surface area contributed by atoms with Crippen molar-refractivity contribution in [1.29, 1.82) is 0 Å². The van der Waals surface area contributed by atoms with Crippen LogP contribution in [0.15, 0.2) is 49.1 Å². The van der Waals surface area contributed by atoms with Crippen molar-refractivity contribution in [2.75, 3.05) is 17.2 Å². The van der Waals surface area contributed by atoms with Gasteiger partial charge < -0.3 is 15.3 Å². The van der Waals surface area contributed by atoms with E-state index in [9.17, 15) is 14.7 Å². The molecular weight excluding hydrogens is 408 g/mol. The van der Waals surface area contributed by atoms with Crippen LogP contribution >= 0.6 is 0 Å². The van der Waals surface area contributed by atoms with E-state index in [2.05, 4.69) is 46.4 Å². The molecule has 9 heteroatoms. The zero-order chi connectivity index (χ0) is 22.9. The molecule has 3 N–H and O–H groups in total. The molecule has 32 heavy (non-hydrogen) atoms. The number of carbonyl (C=O) groups excluding carboxylic acids is 1. The third-order valence-electron chi connectivity index (χ3n) is 5.78. The Morgan fingerprint density at radius 3 is 2.59 bits per heavy atom. The van der Waals surface area contributed by atoms with Gasteiger partial charge in [-0.2, -0.15) is 0 Å². The second-order valence-electron chi connectivity index (χ2n) is 8.99. The van der Waals surface area contributed by atoms with Gasteiger partial charge in [0, 0.05) is 42.5 Å². The summed E-state index contributed by atoms with van der Waals surface area (Å²) in [6.45, 7) is 6.70. The first-order valence-corrected chi connectivity index (χ1v) is 10.5. The second kappa shape index (κ2) is 8.41. The zero-order valence-corrected chi connectivity index (χ0v) is 18.2. The van der Waals surface area contributed by atoms with Gasteiger partial charge in [0.15, 0.2) is 5.82 Å². The highest BCUT2D eigenvalue weighted by molar-refractivity contribution is 6.05. The highest BCUT2D eigenvalue weighted by Gasteiger charge is 2.44. The number of anilines is 2. The lowest BCUT2D eigenvalue weighted by molar-refractivity contribution is 0.101. The van der Waals surface area contributed by atoms with Crippen LogP contribution in [0.5, 0.6) is 0 Å². The smallest absolute Gasteiger partial charge is 0.407 e. The predicted octanol–water partition coefficient (Wildman–Crippen LogP) is 4.55. The van der Waals surface area contributed by atoms with Crippen LogP contribution in [0.2, 0.25) is 0 Å². The third kappa shape index (κ3) is 4.32. The number of aromatic nitrogens is 3. The number of pyridine rings is 1. The summed E-state index contributed by atoms with van der Waals surface area (Å²) in [6, 6.07) is 7.09. The molecule has 2 aromatic heterocycles. The molecule has 2 unspecified atom stereocenters. The first-order chi connectivity index (χ1) is 15.2. The first kappa shape index (κ1) is 21.5. The fraction of sp³-hybridized carbons (Fsp3) is 0.348. The van der Waals surface area contributed by atoms with Gasteiger partial charge in [0.05, 0.1) is 17.4 Å². The molecule has 3 heterocycles. The highest BCUT2D eigenvalue weighted by Crippen LogP contribution is 2.43. The molecule has 0 saturated carbocycles. The van der Waals surface area contributed by atoms with Crippen LogP contribution in [-0.4, -0.2) is 49.7 Å². The number of fused-ring (bicyclic) bond motifs is 1. The Morgan fingerprint density at radius 1 is 1.09 bits per heavy atom. The van der Waals surface area contributed by atoms with Crippen LogP contribution in [0.4, 0.5) is 21.1 Å². The van der Waals surface area contributed by atoms with Gasteiger partial charge in [-0.05, 0) is 35.6 Å². The first-order valence-electron chi connectivity index (χ1n) is 10.5. The lowest BCUT2D eigenvalue weighted by Crippen LogP contribution is -2.44. The zero-order valence-electron chi connectivity index (χ0n) is 18.2. The normalized spacial score (nSPS) is 18.5. The molecule has 1 aromatic carbocycles. The van der Waals surface area contributed by atoms with Gasteiger partial charge in [0.2, 0.25) is 0 Å². The van der Waals surface area contributed by atoms with Crippen LogP contribution in [0.3, 0.4) is 0 Å². The molecule has 166 valence electrons. The Hall–Kier alpha value is -3.75. The summed E-state index contributed by atoms with van der Waals surface area (Å²) in [5, 5.41) is 16.0. The minimum Gasteiger partial charge on any atom is -0.465 e. The van der Waals surface area contributed by atoms with E-state index in [4.69, 9.17) is 0 Å². The predicted molar refractivity (Wildman–Crippen MR) is 122 cm³/mol. The number of nitrogens with zero attached hydrogens (tertiary/aromatic N) is 4. The van der Waals surface area contributed by atoms with E-state index < -0.39 is 12.1 Å². The Morgan fingerprint density at radius 2 is 1.91 bits per heavy atom. The van der Waals surface area contributed by atoms with Crippen LogP contribution in [0, 0.1) is 5.41 Å². The number of carbonyl (C=O) groups is 2. The number of carboxylic acid groups (broad SMARTS) is 1. The summed E-state index contributed by atoms with van der Waals surface area (Å²) in [7, 11) is 0. The van der Waals surface area contributed by atoms with Gasteiger partial charge in [-0.1, -0.05) is 26.8 Å². The maximum Gasteiger partial charge on any atom is 0.407 e. The molecule has 9 nitrogen and oxygen atoms in total. The molecule has 3 amide bonds. The minimum absolute atomic E-state index is 0.0528. The van der Waals surface area contributed by atoms with Crippen molar-refractivity contribution >= 4 is 34.5 Å². The molecule has 2 atom stereocenters. The van der Waals surface area contributed by atoms with Gasteiger partial charge in [0.25, 0.3) is 0 Å². The molecule has 0 radical (unpaired) electrons. The number of likely N-dealkylation sites (tertiary alicyclic amines) is 1. The Balaban J connectivity index is 1.65. The second-order valence-corrected chi connectivity index (χ2v) is 8.99. The lowest BCUT2D eigenvalue weighted by atomic mass is 9.76. The number of amides is 3. The minimum atomic E-state index is -0.891. The molecule has 3 aromatic rings. The molecule has 0 aliphatic carbocycles. The van der Waals surface area contributed by atoms with Crippen molar-refractivity contribution in [2.45, 2.75) is 39.2 Å². The van der Waals surface area contributed by atoms with Crippen molar-refractivity contribution in [3.05, 3.63) is 54.6 Å². The van der Waals surface area contributed by atoms with E-state index in [1.807, 2.05) is 18.2 Å². The van der Waals surface area contributed by atoms with Gasteiger partial charge in [-0.25, -0.2) is 14.6 Å². The van der Waals surface area contributed by atoms with Gasteiger partial charge in [0.1, 0.15) is 0 Å². The molecule has 1 aliphatic rings. The molecular formula is C23H26N6O3. The van der Waals surface area contributed by atoms with E-state index in [1.165, 1.54) is 18.6 Å². The van der Waals surface area contributed by atoms with E-state index in [0.717, 1.165) is 22.9 Å². The van der Waals surface area contributed by atoms with E-state index in [0.29, 0.717) is 18.1 Å². The monoisotopic (exact) mass is 434 g/mol. The van der Waals surface area contributed by atoms with Crippen molar-refractivity contribution in [3.8, 4) is 0 Å². The molecule has 1 aliphatic heterocycles. The Kier molecular flexibility index (Phi) is 5.65. The number of benzene rings is 1. The van der Waals surface area contributed by atoms with E-state index in [-0.39, 0.29) is 17.4 Å². The fourth-order valence-electron chi connectivity index (χ4n) is 4.56. The SMILES string of the molecule is CC(C)(C)C1C(c2ccc3nccc(NC(=O)Nc4cnccn4)c3c2)CCN1C(=O)O. The average molecular weight is 435 g/mol. The number of nitrogens with one attached hydrogen (secondary N) is 2.